The van der Waals surface area contributed by atoms with E-state index in [-0.39, 0.29) is 5.54 Å². The second kappa shape index (κ2) is 3.64. The van der Waals surface area contributed by atoms with E-state index >= 15 is 0 Å². The van der Waals surface area contributed by atoms with E-state index in [0.717, 1.165) is 5.52 Å². The third-order valence-corrected chi connectivity index (χ3v) is 2.39. The fourth-order valence-electron chi connectivity index (χ4n) is 1.78. The Kier molecular flexibility index (Phi) is 2.40. The first-order chi connectivity index (χ1) is 7.95. The number of nitrogens with zero attached hydrogens (tertiary/aromatic N) is 6. The highest BCUT2D eigenvalue weighted by Crippen LogP contribution is 2.31. The molecule has 0 aliphatic heterocycles. The Morgan fingerprint density at radius 2 is 2.18 bits per heavy atom. The van der Waals surface area contributed by atoms with Gasteiger partial charge in [-0.05, 0) is 37.5 Å². The number of anilines is 1. The van der Waals surface area contributed by atoms with Gasteiger partial charge in [0.15, 0.2) is 11.8 Å². The molecular weight excluding hydrogens is 218 g/mol. The summed E-state index contributed by atoms with van der Waals surface area (Å²) in [6.07, 6.45) is 1.61. The highest BCUT2D eigenvalue weighted by Gasteiger charge is 2.21. The summed E-state index contributed by atoms with van der Waals surface area (Å²) in [5.74, 6) is 0.634. The Morgan fingerprint density at radius 1 is 1.47 bits per heavy atom. The number of rotatable bonds is 1. The molecule has 17 heavy (non-hydrogen) atoms. The van der Waals surface area contributed by atoms with Gasteiger partial charge in [-0.25, -0.2) is 9.97 Å². The van der Waals surface area contributed by atoms with Gasteiger partial charge in [-0.3, -0.25) is 0 Å². The van der Waals surface area contributed by atoms with Crippen molar-refractivity contribution in [2.75, 3.05) is 5.73 Å². The molecule has 0 aliphatic rings. The third-order valence-electron chi connectivity index (χ3n) is 2.39. The highest BCUT2D eigenvalue weighted by atomic mass is 15.3. The van der Waals surface area contributed by atoms with Crippen molar-refractivity contribution in [3.05, 3.63) is 22.7 Å². The second-order valence-corrected chi connectivity index (χ2v) is 4.67. The van der Waals surface area contributed by atoms with Gasteiger partial charge in [-0.1, -0.05) is 0 Å². The lowest BCUT2D eigenvalue weighted by Crippen LogP contribution is -2.21. The van der Waals surface area contributed by atoms with Crippen molar-refractivity contribution in [2.45, 2.75) is 26.3 Å². The second-order valence-electron chi connectivity index (χ2n) is 4.67. The Morgan fingerprint density at radius 3 is 2.76 bits per heavy atom. The van der Waals surface area contributed by atoms with Crippen molar-refractivity contribution < 1.29 is 0 Å². The summed E-state index contributed by atoms with van der Waals surface area (Å²) in [4.78, 5) is 11.0. The molecular formula is C10H13N7. The summed E-state index contributed by atoms with van der Waals surface area (Å²) in [5.41, 5.74) is 15.4. The van der Waals surface area contributed by atoms with Crippen LogP contribution in [0.15, 0.2) is 17.4 Å². The van der Waals surface area contributed by atoms with E-state index in [1.54, 1.807) is 12.3 Å². The number of hydrogen-bond acceptors (Lipinski definition) is 4. The average Bonchev–Trinajstić information content (AvgIpc) is 2.57. The number of hydrogen-bond donors (Lipinski definition) is 1. The van der Waals surface area contributed by atoms with Gasteiger partial charge in [-0.2, -0.15) is 0 Å². The van der Waals surface area contributed by atoms with Crippen LogP contribution < -0.4 is 5.73 Å². The predicted molar refractivity (Wildman–Crippen MR) is 65.7 cm³/mol. The Labute approximate surface area is 97.9 Å². The minimum absolute atomic E-state index is 0.258. The zero-order valence-corrected chi connectivity index (χ0v) is 9.92. The largest absolute Gasteiger partial charge is 0.382 e. The van der Waals surface area contributed by atoms with Crippen molar-refractivity contribution in [2.24, 2.45) is 5.11 Å². The number of pyridine rings is 1. The minimum Gasteiger partial charge on any atom is -0.382 e. The van der Waals surface area contributed by atoms with Gasteiger partial charge in [0, 0.05) is 16.6 Å². The summed E-state index contributed by atoms with van der Waals surface area (Å²) in [7, 11) is 0. The molecule has 0 saturated heterocycles. The van der Waals surface area contributed by atoms with Crippen LogP contribution in [0.4, 0.5) is 11.8 Å². The van der Waals surface area contributed by atoms with Crippen LogP contribution in [0.3, 0.4) is 0 Å². The van der Waals surface area contributed by atoms with E-state index in [0.29, 0.717) is 17.3 Å². The summed E-state index contributed by atoms with van der Waals surface area (Å²) in [6, 6.07) is 1.81. The molecule has 0 fully saturated rings. The molecule has 88 valence electrons. The molecule has 0 spiro atoms. The molecule has 0 unspecified atom stereocenters. The lowest BCUT2D eigenvalue weighted by Gasteiger charge is -2.23. The SMILES string of the molecule is CC(C)(C)n1c(N=[N+]=[N-])nc2c(N)nccc21. The van der Waals surface area contributed by atoms with Crippen LogP contribution in [0.25, 0.3) is 21.5 Å². The number of aromatic nitrogens is 3. The lowest BCUT2D eigenvalue weighted by atomic mass is 10.1. The van der Waals surface area contributed by atoms with Gasteiger partial charge >= 0.3 is 0 Å². The summed E-state index contributed by atoms with van der Waals surface area (Å²) in [5, 5.41) is 3.60. The van der Waals surface area contributed by atoms with Crippen LogP contribution >= 0.6 is 0 Å². The van der Waals surface area contributed by atoms with Gasteiger partial charge in [0.2, 0.25) is 0 Å². The van der Waals surface area contributed by atoms with Crippen LogP contribution in [0.5, 0.6) is 0 Å². The monoisotopic (exact) mass is 231 g/mol. The number of azide groups is 1. The first kappa shape index (κ1) is 11.2. The minimum atomic E-state index is -0.258. The molecule has 7 heteroatoms. The van der Waals surface area contributed by atoms with Crippen molar-refractivity contribution in [3.63, 3.8) is 0 Å². The normalized spacial score (nSPS) is 11.5. The molecule has 2 aromatic heterocycles. The molecule has 0 aliphatic carbocycles. The Bertz CT molecular complexity index is 613. The molecule has 2 heterocycles. The average molecular weight is 231 g/mol. The maximum absolute atomic E-state index is 8.56. The van der Waals surface area contributed by atoms with Crippen LogP contribution in [0.2, 0.25) is 0 Å². The highest BCUT2D eigenvalue weighted by molar-refractivity contribution is 5.86. The van der Waals surface area contributed by atoms with Crippen molar-refractivity contribution in [1.29, 1.82) is 0 Å². The van der Waals surface area contributed by atoms with E-state index in [9.17, 15) is 0 Å². The zero-order chi connectivity index (χ0) is 12.6. The molecule has 0 saturated carbocycles. The van der Waals surface area contributed by atoms with Gasteiger partial charge in [0.05, 0.1) is 5.52 Å². The van der Waals surface area contributed by atoms with Crippen molar-refractivity contribution in [1.82, 2.24) is 14.5 Å². The smallest absolute Gasteiger partial charge is 0.198 e. The Hall–Kier alpha value is -2.27. The topological polar surface area (TPSA) is 105 Å². The van der Waals surface area contributed by atoms with Crippen LogP contribution in [-0.2, 0) is 5.54 Å². The van der Waals surface area contributed by atoms with Gasteiger partial charge in [-0.15, -0.1) is 0 Å². The van der Waals surface area contributed by atoms with Gasteiger partial charge in [0.25, 0.3) is 0 Å². The standard InChI is InChI=1S/C10H13N7/c1-10(2,3)17-6-4-5-13-8(11)7(6)14-9(17)15-16-12/h4-5H,1-3H3,(H2,11,13). The number of nitrogens with two attached hydrogens (primary N) is 1. The quantitative estimate of drug-likeness (QED) is 0.463. The number of imidazole rings is 1. The van der Waals surface area contributed by atoms with Crippen molar-refractivity contribution in [3.8, 4) is 0 Å². The van der Waals surface area contributed by atoms with Crippen LogP contribution in [0.1, 0.15) is 20.8 Å². The van der Waals surface area contributed by atoms with Crippen molar-refractivity contribution >= 4 is 22.8 Å². The lowest BCUT2D eigenvalue weighted by molar-refractivity contribution is 0.412. The summed E-state index contributed by atoms with van der Waals surface area (Å²) in [6.45, 7) is 6.00. The molecule has 0 bridgehead atoms. The van der Waals surface area contributed by atoms with Gasteiger partial charge in [0.1, 0.15) is 5.52 Å². The first-order valence-corrected chi connectivity index (χ1v) is 5.13. The van der Waals surface area contributed by atoms with E-state index in [2.05, 4.69) is 20.0 Å². The third kappa shape index (κ3) is 1.76. The molecule has 0 radical (unpaired) electrons. The number of nitrogen functional groups attached to an aromatic ring is 1. The van der Waals surface area contributed by atoms with Gasteiger partial charge < -0.3 is 10.3 Å². The fourth-order valence-corrected chi connectivity index (χ4v) is 1.78. The number of fused-ring (bicyclic) bond motifs is 1. The molecule has 7 nitrogen and oxygen atoms in total. The summed E-state index contributed by atoms with van der Waals surface area (Å²) < 4.78 is 1.85. The van der Waals surface area contributed by atoms with E-state index in [1.807, 2.05) is 25.3 Å². The molecule has 2 N–H and O–H groups in total. The molecule has 2 aromatic rings. The molecule has 0 atom stereocenters. The maximum Gasteiger partial charge on any atom is 0.198 e. The first-order valence-electron chi connectivity index (χ1n) is 5.13. The van der Waals surface area contributed by atoms with E-state index < -0.39 is 0 Å². The fraction of sp³-hybridized carbons (Fsp3) is 0.400. The predicted octanol–water partition coefficient (Wildman–Crippen LogP) is 2.71. The van der Waals surface area contributed by atoms with E-state index in [1.165, 1.54) is 0 Å². The molecule has 0 aromatic carbocycles. The molecule has 2 rings (SSSR count). The summed E-state index contributed by atoms with van der Waals surface area (Å²) >= 11 is 0. The van der Waals surface area contributed by atoms with Crippen LogP contribution in [0, 0.1) is 0 Å². The zero-order valence-electron chi connectivity index (χ0n) is 9.92. The van der Waals surface area contributed by atoms with Crippen LogP contribution in [-0.4, -0.2) is 14.5 Å². The Balaban J connectivity index is 2.90. The van der Waals surface area contributed by atoms with E-state index in [4.69, 9.17) is 11.3 Å². The molecule has 0 amide bonds. The maximum atomic E-state index is 8.56.